The minimum Gasteiger partial charge on any atom is -0.481 e. The zero-order valence-corrected chi connectivity index (χ0v) is 7.75. The van der Waals surface area contributed by atoms with Crippen LogP contribution >= 0.6 is 11.8 Å². The maximum Gasteiger partial charge on any atom is 0.389 e. The van der Waals surface area contributed by atoms with E-state index in [-0.39, 0.29) is 12.2 Å². The molecule has 0 bridgehead atoms. The molecule has 6 heteroatoms. The van der Waals surface area contributed by atoms with Gasteiger partial charge in [0.1, 0.15) is 0 Å². The molecule has 0 aliphatic carbocycles. The van der Waals surface area contributed by atoms with Gasteiger partial charge in [-0.05, 0) is 18.6 Å². The molecule has 0 aliphatic rings. The number of halogens is 3. The van der Waals surface area contributed by atoms with Crippen molar-refractivity contribution in [2.45, 2.75) is 25.4 Å². The van der Waals surface area contributed by atoms with Gasteiger partial charge in [0, 0.05) is 6.42 Å². The Morgan fingerprint density at radius 2 is 1.92 bits per heavy atom. The number of hydrogen-bond acceptors (Lipinski definition) is 2. The number of carboxylic acids is 1. The standard InChI is InChI=1S/C7H11F3O2S/c8-7(9,10)3-1-2-4-13-5-6(11)12/h1-5H2,(H,11,12). The van der Waals surface area contributed by atoms with E-state index in [0.717, 1.165) is 11.8 Å². The minimum atomic E-state index is -4.09. The van der Waals surface area contributed by atoms with E-state index in [1.165, 1.54) is 0 Å². The van der Waals surface area contributed by atoms with Gasteiger partial charge in [-0.1, -0.05) is 0 Å². The zero-order chi connectivity index (χ0) is 10.3. The van der Waals surface area contributed by atoms with Crippen LogP contribution in [0.15, 0.2) is 0 Å². The summed E-state index contributed by atoms with van der Waals surface area (Å²) < 4.78 is 34.8. The van der Waals surface area contributed by atoms with Gasteiger partial charge in [-0.15, -0.1) is 0 Å². The third-order valence-corrected chi connectivity index (χ3v) is 2.25. The lowest BCUT2D eigenvalue weighted by molar-refractivity contribution is -0.136. The van der Waals surface area contributed by atoms with E-state index in [1.54, 1.807) is 0 Å². The molecule has 0 rings (SSSR count). The molecule has 0 saturated carbocycles. The van der Waals surface area contributed by atoms with Crippen molar-refractivity contribution in [2.24, 2.45) is 0 Å². The van der Waals surface area contributed by atoms with Crippen LogP contribution in [0.1, 0.15) is 19.3 Å². The van der Waals surface area contributed by atoms with Crippen molar-refractivity contribution < 1.29 is 23.1 Å². The molecule has 0 aromatic rings. The van der Waals surface area contributed by atoms with E-state index < -0.39 is 18.6 Å². The van der Waals surface area contributed by atoms with Crippen molar-refractivity contribution in [3.8, 4) is 0 Å². The maximum atomic E-state index is 11.6. The lowest BCUT2D eigenvalue weighted by Crippen LogP contribution is -2.06. The first-order chi connectivity index (χ1) is 5.92. The Bertz CT molecular complexity index is 158. The highest BCUT2D eigenvalue weighted by Crippen LogP contribution is 2.22. The number of hydrogen-bond donors (Lipinski definition) is 1. The molecule has 0 aliphatic heterocycles. The first-order valence-corrected chi connectivity index (χ1v) is 4.93. The van der Waals surface area contributed by atoms with Crippen molar-refractivity contribution >= 4 is 17.7 Å². The lowest BCUT2D eigenvalue weighted by Gasteiger charge is -2.04. The van der Waals surface area contributed by atoms with Gasteiger partial charge in [-0.3, -0.25) is 4.79 Å². The van der Waals surface area contributed by atoms with Crippen molar-refractivity contribution in [3.63, 3.8) is 0 Å². The zero-order valence-electron chi connectivity index (χ0n) is 6.93. The Balaban J connectivity index is 3.13. The summed E-state index contributed by atoms with van der Waals surface area (Å²) >= 11 is 1.15. The summed E-state index contributed by atoms with van der Waals surface area (Å²) in [5.41, 5.74) is 0. The molecular weight excluding hydrogens is 205 g/mol. The van der Waals surface area contributed by atoms with Crippen LogP contribution in [0, 0.1) is 0 Å². The van der Waals surface area contributed by atoms with Crippen LogP contribution in [0.25, 0.3) is 0 Å². The van der Waals surface area contributed by atoms with Gasteiger partial charge in [0.15, 0.2) is 0 Å². The van der Waals surface area contributed by atoms with Gasteiger partial charge in [-0.25, -0.2) is 0 Å². The van der Waals surface area contributed by atoms with Crippen LogP contribution in [-0.4, -0.2) is 28.8 Å². The Morgan fingerprint density at radius 1 is 1.31 bits per heavy atom. The van der Waals surface area contributed by atoms with Crippen molar-refractivity contribution in [1.29, 1.82) is 0 Å². The number of unbranched alkanes of at least 4 members (excludes halogenated alkanes) is 1. The summed E-state index contributed by atoms with van der Waals surface area (Å²) in [4.78, 5) is 9.99. The van der Waals surface area contributed by atoms with Gasteiger partial charge in [0.05, 0.1) is 5.75 Å². The quantitative estimate of drug-likeness (QED) is 0.693. The Labute approximate surface area is 78.5 Å². The van der Waals surface area contributed by atoms with Crippen molar-refractivity contribution in [3.05, 3.63) is 0 Å². The SMILES string of the molecule is O=C(O)CSCCCCC(F)(F)F. The molecule has 0 radical (unpaired) electrons. The Kier molecular flexibility index (Phi) is 5.94. The fourth-order valence-corrected chi connectivity index (χ4v) is 1.42. The molecule has 78 valence electrons. The number of carbonyl (C=O) groups is 1. The van der Waals surface area contributed by atoms with E-state index in [1.807, 2.05) is 0 Å². The molecule has 0 aromatic heterocycles. The molecule has 0 aromatic carbocycles. The number of alkyl halides is 3. The molecular formula is C7H11F3O2S. The first-order valence-electron chi connectivity index (χ1n) is 3.78. The molecule has 1 N–H and O–H groups in total. The van der Waals surface area contributed by atoms with E-state index in [0.29, 0.717) is 12.2 Å². The summed E-state index contributed by atoms with van der Waals surface area (Å²) in [7, 11) is 0. The molecule has 0 spiro atoms. The highest BCUT2D eigenvalue weighted by atomic mass is 32.2. The number of rotatable bonds is 6. The summed E-state index contributed by atoms with van der Waals surface area (Å²) in [6, 6.07) is 0. The molecule has 13 heavy (non-hydrogen) atoms. The average Bonchev–Trinajstić information content (AvgIpc) is 1.93. The number of carboxylic acid groups (broad SMARTS) is 1. The minimum absolute atomic E-state index is 0.0357. The largest absolute Gasteiger partial charge is 0.481 e. The van der Waals surface area contributed by atoms with Gasteiger partial charge in [0.25, 0.3) is 0 Å². The van der Waals surface area contributed by atoms with Crippen LogP contribution in [-0.2, 0) is 4.79 Å². The highest BCUT2D eigenvalue weighted by Gasteiger charge is 2.25. The van der Waals surface area contributed by atoms with Crippen LogP contribution < -0.4 is 0 Å². The smallest absolute Gasteiger partial charge is 0.389 e. The second-order valence-corrected chi connectivity index (χ2v) is 3.62. The van der Waals surface area contributed by atoms with Crippen molar-refractivity contribution in [1.82, 2.24) is 0 Å². The Morgan fingerprint density at radius 3 is 2.38 bits per heavy atom. The second kappa shape index (κ2) is 6.12. The number of aliphatic carboxylic acids is 1. The summed E-state index contributed by atoms with van der Waals surface area (Å²) in [5, 5.41) is 8.20. The van der Waals surface area contributed by atoms with E-state index >= 15 is 0 Å². The number of thioether (sulfide) groups is 1. The van der Waals surface area contributed by atoms with Crippen LogP contribution in [0.4, 0.5) is 13.2 Å². The first kappa shape index (κ1) is 12.6. The second-order valence-electron chi connectivity index (χ2n) is 2.52. The van der Waals surface area contributed by atoms with Gasteiger partial charge in [-0.2, -0.15) is 24.9 Å². The van der Waals surface area contributed by atoms with Gasteiger partial charge < -0.3 is 5.11 Å². The van der Waals surface area contributed by atoms with Gasteiger partial charge in [0.2, 0.25) is 0 Å². The molecule has 0 unspecified atom stereocenters. The Hall–Kier alpha value is -0.390. The third kappa shape index (κ3) is 11.6. The molecule has 0 saturated heterocycles. The van der Waals surface area contributed by atoms with E-state index in [4.69, 9.17) is 5.11 Å². The van der Waals surface area contributed by atoms with E-state index in [2.05, 4.69) is 0 Å². The van der Waals surface area contributed by atoms with Crippen LogP contribution in [0.2, 0.25) is 0 Å². The van der Waals surface area contributed by atoms with Gasteiger partial charge >= 0.3 is 12.1 Å². The highest BCUT2D eigenvalue weighted by molar-refractivity contribution is 7.99. The monoisotopic (exact) mass is 216 g/mol. The fourth-order valence-electron chi connectivity index (χ4n) is 0.689. The topological polar surface area (TPSA) is 37.3 Å². The molecule has 0 amide bonds. The molecule has 0 heterocycles. The average molecular weight is 216 g/mol. The molecule has 0 fully saturated rings. The normalized spacial score (nSPS) is 11.6. The summed E-state index contributed by atoms with van der Waals surface area (Å²) in [6.07, 6.45) is -4.37. The van der Waals surface area contributed by atoms with Crippen LogP contribution in [0.3, 0.4) is 0 Å². The maximum absolute atomic E-state index is 11.6. The lowest BCUT2D eigenvalue weighted by atomic mass is 10.2. The van der Waals surface area contributed by atoms with Crippen molar-refractivity contribution in [2.75, 3.05) is 11.5 Å². The fraction of sp³-hybridized carbons (Fsp3) is 0.857. The third-order valence-electron chi connectivity index (χ3n) is 1.22. The summed E-state index contributed by atoms with van der Waals surface area (Å²) in [6.45, 7) is 0. The molecule has 0 atom stereocenters. The molecule has 2 nitrogen and oxygen atoms in total. The predicted octanol–water partition coefficient (Wildman–Crippen LogP) is 2.54. The predicted molar refractivity (Wildman–Crippen MR) is 44.9 cm³/mol. The summed E-state index contributed by atoms with van der Waals surface area (Å²) in [5.74, 6) is -0.491. The van der Waals surface area contributed by atoms with Crippen LogP contribution in [0.5, 0.6) is 0 Å². The van der Waals surface area contributed by atoms with E-state index in [9.17, 15) is 18.0 Å².